The van der Waals surface area contributed by atoms with Crippen LogP contribution in [0.1, 0.15) is 57.1 Å². The van der Waals surface area contributed by atoms with Crippen molar-refractivity contribution in [1.82, 2.24) is 0 Å². The van der Waals surface area contributed by atoms with E-state index in [4.69, 9.17) is 10.5 Å². The highest BCUT2D eigenvalue weighted by molar-refractivity contribution is 5.75. The number of phenols is 1. The fraction of sp³-hybridized carbons (Fsp3) is 0.696. The lowest BCUT2D eigenvalue weighted by molar-refractivity contribution is -0.959. The van der Waals surface area contributed by atoms with Crippen LogP contribution in [0.2, 0.25) is 0 Å². The van der Waals surface area contributed by atoms with Gasteiger partial charge in [0.25, 0.3) is 0 Å². The number of ether oxygens (including phenoxy) is 1. The number of hydrogen-bond donors (Lipinski definition) is 2. The van der Waals surface area contributed by atoms with Crippen LogP contribution >= 0.6 is 0 Å². The predicted molar refractivity (Wildman–Crippen MR) is 109 cm³/mol. The summed E-state index contributed by atoms with van der Waals surface area (Å²) in [5, 5.41) is 10.1. The zero-order chi connectivity index (χ0) is 20.1. The average molecular weight is 388 g/mol. The number of phenolic OH excluding ortho intramolecular Hbond substituents is 1. The van der Waals surface area contributed by atoms with Gasteiger partial charge in [0, 0.05) is 24.2 Å². The van der Waals surface area contributed by atoms with Gasteiger partial charge in [0.2, 0.25) is 6.73 Å². The second-order valence-corrected chi connectivity index (χ2v) is 9.94. The van der Waals surface area contributed by atoms with Crippen molar-refractivity contribution in [3.8, 4) is 5.75 Å². The summed E-state index contributed by atoms with van der Waals surface area (Å²) in [6, 6.07) is 5.86. The van der Waals surface area contributed by atoms with Gasteiger partial charge in [-0.05, 0) is 42.0 Å². The molecule has 0 aromatic heterocycles. The lowest BCUT2D eigenvalue weighted by Crippen LogP contribution is -2.69. The van der Waals surface area contributed by atoms with Crippen LogP contribution < -0.4 is 5.73 Å². The molecule has 2 fully saturated rings. The largest absolute Gasteiger partial charge is 0.508 e. The highest BCUT2D eigenvalue weighted by Gasteiger charge is 2.59. The molecule has 0 amide bonds. The summed E-state index contributed by atoms with van der Waals surface area (Å²) in [4.78, 5) is 12.4. The number of benzene rings is 1. The molecule has 154 valence electrons. The third kappa shape index (κ3) is 3.03. The van der Waals surface area contributed by atoms with Crippen LogP contribution in [-0.2, 0) is 21.4 Å². The minimum absolute atomic E-state index is 0.0828. The highest BCUT2D eigenvalue weighted by Crippen LogP contribution is 2.57. The number of nitrogens with zero attached hydrogens (tertiary/aromatic N) is 1. The van der Waals surface area contributed by atoms with Crippen LogP contribution in [0.3, 0.4) is 0 Å². The number of piperidine rings is 1. The number of rotatable bonds is 4. The number of quaternary nitrogens is 1. The van der Waals surface area contributed by atoms with Crippen LogP contribution in [0.5, 0.6) is 5.75 Å². The van der Waals surface area contributed by atoms with Crippen molar-refractivity contribution < 1.29 is 19.1 Å². The molecular weight excluding hydrogens is 352 g/mol. The number of carbonyl (C=O) groups is 1. The fourth-order valence-electron chi connectivity index (χ4n) is 6.20. The van der Waals surface area contributed by atoms with Gasteiger partial charge in [-0.2, -0.15) is 0 Å². The smallest absolute Gasteiger partial charge is 0.327 e. The van der Waals surface area contributed by atoms with E-state index in [9.17, 15) is 9.90 Å². The molecule has 5 atom stereocenters. The first-order chi connectivity index (χ1) is 13.3. The van der Waals surface area contributed by atoms with Crippen LogP contribution in [0.15, 0.2) is 18.2 Å². The van der Waals surface area contributed by atoms with E-state index in [1.807, 2.05) is 26.0 Å². The standard InChI is InChI=1S/C23H34N2O3/c1-15(2)21(24)22(27)28-14-25(3)11-10-23-9-5-4-6-18(23)20(25)12-16-7-8-17(26)13-19(16)23/h7-8,13,15,18,20-21H,4-6,9-12,14,24H2,1-3H3/p+1/t18-,20+,21?,23+,25?/m1/s1. The summed E-state index contributed by atoms with van der Waals surface area (Å²) in [7, 11) is 2.25. The number of hydrogen-bond acceptors (Lipinski definition) is 4. The third-order valence-corrected chi connectivity index (χ3v) is 7.98. The van der Waals surface area contributed by atoms with E-state index < -0.39 is 6.04 Å². The van der Waals surface area contributed by atoms with E-state index in [2.05, 4.69) is 13.1 Å². The number of likely N-dealkylation sites (tertiary alicyclic amines) is 1. The minimum atomic E-state index is -0.555. The summed E-state index contributed by atoms with van der Waals surface area (Å²) in [6.07, 6.45) is 7.06. The highest BCUT2D eigenvalue weighted by atomic mass is 16.5. The van der Waals surface area contributed by atoms with Crippen molar-refractivity contribution in [3.63, 3.8) is 0 Å². The second-order valence-electron chi connectivity index (χ2n) is 9.94. The molecule has 1 aromatic carbocycles. The fourth-order valence-corrected chi connectivity index (χ4v) is 6.20. The first kappa shape index (κ1) is 19.7. The molecule has 2 bridgehead atoms. The van der Waals surface area contributed by atoms with Crippen molar-refractivity contribution >= 4 is 5.97 Å². The van der Waals surface area contributed by atoms with Crippen LogP contribution in [0.25, 0.3) is 0 Å². The van der Waals surface area contributed by atoms with Crippen molar-refractivity contribution in [2.45, 2.75) is 69.9 Å². The Kier molecular flexibility index (Phi) is 4.95. The first-order valence-electron chi connectivity index (χ1n) is 10.9. The molecule has 3 aliphatic rings. The Hall–Kier alpha value is -1.59. The number of esters is 1. The number of aromatic hydroxyl groups is 1. The predicted octanol–water partition coefficient (Wildman–Crippen LogP) is 3.08. The second kappa shape index (κ2) is 7.03. The maximum Gasteiger partial charge on any atom is 0.327 e. The number of fused-ring (bicyclic) bond motifs is 1. The Bertz CT molecular complexity index is 764. The SMILES string of the molecule is CC(C)C(N)C(=O)OC[N+]1(C)CC[C@@]23CCCC[C@@H]2[C@@H]1Cc1ccc(O)cc13. The van der Waals surface area contributed by atoms with Gasteiger partial charge in [0.1, 0.15) is 11.8 Å². The summed E-state index contributed by atoms with van der Waals surface area (Å²) in [6.45, 7) is 5.31. The quantitative estimate of drug-likeness (QED) is 0.615. The maximum absolute atomic E-state index is 12.4. The molecular formula is C23H35N2O3+. The van der Waals surface area contributed by atoms with E-state index in [-0.39, 0.29) is 17.3 Å². The van der Waals surface area contributed by atoms with E-state index in [0.717, 1.165) is 23.9 Å². The number of likely N-dealkylation sites (N-methyl/N-ethyl adjacent to an activating group) is 1. The van der Waals surface area contributed by atoms with Gasteiger partial charge in [0.15, 0.2) is 0 Å². The molecule has 3 N–H and O–H groups in total. The van der Waals surface area contributed by atoms with Gasteiger partial charge in [0.05, 0.1) is 19.6 Å². The summed E-state index contributed by atoms with van der Waals surface area (Å²) >= 11 is 0. The molecule has 2 aliphatic carbocycles. The molecule has 1 saturated carbocycles. The normalized spacial score (nSPS) is 35.0. The van der Waals surface area contributed by atoms with Crippen LogP contribution in [0, 0.1) is 11.8 Å². The van der Waals surface area contributed by atoms with E-state index in [1.54, 1.807) is 0 Å². The number of nitrogens with two attached hydrogens (primary N) is 1. The molecule has 1 aliphatic heterocycles. The van der Waals surface area contributed by atoms with E-state index >= 15 is 0 Å². The van der Waals surface area contributed by atoms with Gasteiger partial charge < -0.3 is 15.6 Å². The first-order valence-corrected chi connectivity index (χ1v) is 10.9. The Morgan fingerprint density at radius 2 is 2.14 bits per heavy atom. The van der Waals surface area contributed by atoms with Crippen LogP contribution in [-0.4, -0.2) is 48.0 Å². The Labute approximate surface area is 168 Å². The van der Waals surface area contributed by atoms with Gasteiger partial charge >= 0.3 is 5.97 Å². The molecule has 5 heteroatoms. The van der Waals surface area contributed by atoms with E-state index in [1.165, 1.54) is 36.8 Å². The van der Waals surface area contributed by atoms with Gasteiger partial charge in [-0.25, -0.2) is 0 Å². The average Bonchev–Trinajstić information content (AvgIpc) is 2.69. The maximum atomic E-state index is 12.4. The third-order valence-electron chi connectivity index (χ3n) is 7.98. The van der Waals surface area contributed by atoms with Gasteiger partial charge in [-0.3, -0.25) is 9.28 Å². The monoisotopic (exact) mass is 387 g/mol. The van der Waals surface area contributed by atoms with E-state index in [0.29, 0.717) is 24.4 Å². The van der Waals surface area contributed by atoms with Crippen LogP contribution in [0.4, 0.5) is 0 Å². The lowest BCUT2D eigenvalue weighted by Gasteiger charge is -2.60. The number of carbonyl (C=O) groups excluding carboxylic acids is 1. The van der Waals surface area contributed by atoms with Crippen molar-refractivity contribution in [2.24, 2.45) is 17.6 Å². The zero-order valence-corrected chi connectivity index (χ0v) is 17.5. The minimum Gasteiger partial charge on any atom is -0.508 e. The topological polar surface area (TPSA) is 72.6 Å². The molecule has 4 rings (SSSR count). The lowest BCUT2D eigenvalue weighted by atomic mass is 9.52. The van der Waals surface area contributed by atoms with Crippen molar-refractivity contribution in [1.29, 1.82) is 0 Å². The molecule has 5 nitrogen and oxygen atoms in total. The van der Waals surface area contributed by atoms with Crippen molar-refractivity contribution in [2.75, 3.05) is 20.3 Å². The Balaban J connectivity index is 1.63. The molecule has 28 heavy (non-hydrogen) atoms. The van der Waals surface area contributed by atoms with Crippen molar-refractivity contribution in [3.05, 3.63) is 29.3 Å². The summed E-state index contributed by atoms with van der Waals surface area (Å²) in [5.41, 5.74) is 8.94. The summed E-state index contributed by atoms with van der Waals surface area (Å²) in [5.74, 6) is 0.775. The zero-order valence-electron chi connectivity index (χ0n) is 17.5. The molecule has 0 spiro atoms. The molecule has 1 heterocycles. The Morgan fingerprint density at radius 1 is 1.36 bits per heavy atom. The Morgan fingerprint density at radius 3 is 2.89 bits per heavy atom. The molecule has 1 saturated heterocycles. The molecule has 0 radical (unpaired) electrons. The van der Waals surface area contributed by atoms with Gasteiger partial charge in [-0.1, -0.05) is 32.8 Å². The molecule has 1 aromatic rings. The van der Waals surface area contributed by atoms with Gasteiger partial charge in [-0.15, -0.1) is 0 Å². The summed E-state index contributed by atoms with van der Waals surface area (Å²) < 4.78 is 6.53. The molecule has 2 unspecified atom stereocenters.